The van der Waals surface area contributed by atoms with Crippen LogP contribution in [0, 0.1) is 0 Å². The minimum atomic E-state index is -1.49. The van der Waals surface area contributed by atoms with Crippen LogP contribution in [-0.4, -0.2) is 34.3 Å². The van der Waals surface area contributed by atoms with Gasteiger partial charge in [0, 0.05) is 11.8 Å². The number of pyridine rings is 1. The number of carbonyl (C=O) groups is 3. The Balaban J connectivity index is 0.00000576. The largest absolute Gasteiger partial charge is 1.00 e. The number of amides is 2. The monoisotopic (exact) mass is 360 g/mol. The van der Waals surface area contributed by atoms with E-state index in [9.17, 15) is 19.5 Å². The number of carboxylic acids is 1. The van der Waals surface area contributed by atoms with E-state index in [1.165, 1.54) is 0 Å². The smallest absolute Gasteiger partial charge is 0.545 e. The van der Waals surface area contributed by atoms with Crippen LogP contribution in [0.4, 0.5) is 15.3 Å². The average Bonchev–Trinajstić information content (AvgIpc) is 2.34. The minimum Gasteiger partial charge on any atom is -0.545 e. The molecule has 1 aromatic heterocycles. The third-order valence-corrected chi connectivity index (χ3v) is 2.37. The Kier molecular flexibility index (Phi) is 8.07. The summed E-state index contributed by atoms with van der Waals surface area (Å²) >= 11 is 0. The molecule has 0 aliphatic carbocycles. The molecule has 0 bridgehead atoms. The summed E-state index contributed by atoms with van der Waals surface area (Å²) < 4.78 is 10.4. The normalized spacial score (nSPS) is 11.1. The zero-order chi connectivity index (χ0) is 18.7. The Morgan fingerprint density at radius 2 is 1.40 bits per heavy atom. The molecular formula is C16H21N2NaO6. The number of aromatic nitrogens is 1. The van der Waals surface area contributed by atoms with Crippen molar-refractivity contribution in [2.24, 2.45) is 0 Å². The van der Waals surface area contributed by atoms with E-state index in [1.807, 2.05) is 0 Å². The fourth-order valence-corrected chi connectivity index (χ4v) is 1.56. The van der Waals surface area contributed by atoms with Crippen LogP contribution in [0.3, 0.4) is 0 Å². The number of hydrogen-bond acceptors (Lipinski definition) is 7. The number of anilines is 1. The number of ether oxygens (including phenoxy) is 2. The first kappa shape index (κ1) is 23.4. The molecule has 25 heavy (non-hydrogen) atoms. The summed E-state index contributed by atoms with van der Waals surface area (Å²) in [5.74, 6) is -1.49. The standard InChI is InChI=1S/C16H22N2O6.Na/c1-15(2,3)23-13(21)18(14(22)24-16(4,5)6)11-7-10(12(19)20)8-17-9-11;/h7-9H,1-6H3,(H,19,20);/q;+1/p-1. The van der Waals surface area contributed by atoms with E-state index in [1.54, 1.807) is 41.5 Å². The Bertz CT molecular complexity index is 621. The van der Waals surface area contributed by atoms with E-state index >= 15 is 0 Å². The SMILES string of the molecule is CC(C)(C)OC(=O)N(C(=O)OC(C)(C)C)c1cncc(C(=O)[O-])c1.[Na+]. The van der Waals surface area contributed by atoms with E-state index in [4.69, 9.17) is 9.47 Å². The Labute approximate surface area is 168 Å². The fraction of sp³-hybridized carbons (Fsp3) is 0.500. The van der Waals surface area contributed by atoms with Crippen LogP contribution in [0.2, 0.25) is 0 Å². The van der Waals surface area contributed by atoms with E-state index in [-0.39, 0.29) is 40.8 Å². The molecule has 9 heteroatoms. The summed E-state index contributed by atoms with van der Waals surface area (Å²) in [6.07, 6.45) is 0.185. The van der Waals surface area contributed by atoms with Crippen molar-refractivity contribution in [3.8, 4) is 0 Å². The molecule has 2 amide bonds. The first-order valence-electron chi connectivity index (χ1n) is 7.22. The molecule has 1 aromatic rings. The summed E-state index contributed by atoms with van der Waals surface area (Å²) in [6.45, 7) is 9.80. The maximum atomic E-state index is 12.4. The third-order valence-electron chi connectivity index (χ3n) is 2.37. The molecule has 0 aromatic carbocycles. The summed E-state index contributed by atoms with van der Waals surface area (Å²) in [7, 11) is 0. The number of rotatable bonds is 2. The van der Waals surface area contributed by atoms with Gasteiger partial charge in [-0.2, -0.15) is 4.90 Å². The number of carbonyl (C=O) groups excluding carboxylic acids is 3. The molecule has 0 spiro atoms. The van der Waals surface area contributed by atoms with Crippen LogP contribution >= 0.6 is 0 Å². The van der Waals surface area contributed by atoms with Gasteiger partial charge in [-0.25, -0.2) is 9.59 Å². The van der Waals surface area contributed by atoms with Crippen molar-refractivity contribution < 1.29 is 58.5 Å². The molecule has 0 aliphatic rings. The van der Waals surface area contributed by atoms with Crippen molar-refractivity contribution in [3.05, 3.63) is 24.0 Å². The van der Waals surface area contributed by atoms with Crippen LogP contribution in [0.5, 0.6) is 0 Å². The maximum absolute atomic E-state index is 12.4. The number of nitrogens with zero attached hydrogens (tertiary/aromatic N) is 2. The van der Waals surface area contributed by atoms with Crippen molar-refractivity contribution >= 4 is 23.8 Å². The second-order valence-corrected chi connectivity index (χ2v) is 7.02. The van der Waals surface area contributed by atoms with Gasteiger partial charge in [0.1, 0.15) is 11.2 Å². The summed E-state index contributed by atoms with van der Waals surface area (Å²) in [5.41, 5.74) is -2.11. The minimum absolute atomic E-state index is 0. The molecule has 0 atom stereocenters. The number of aromatic carboxylic acids is 1. The summed E-state index contributed by atoms with van der Waals surface area (Å²) in [6, 6.07) is 1.08. The van der Waals surface area contributed by atoms with Crippen molar-refractivity contribution in [1.82, 2.24) is 4.98 Å². The van der Waals surface area contributed by atoms with Gasteiger partial charge < -0.3 is 19.4 Å². The maximum Gasteiger partial charge on any atom is 1.00 e. The molecule has 8 nitrogen and oxygen atoms in total. The molecule has 0 radical (unpaired) electrons. The van der Waals surface area contributed by atoms with E-state index < -0.39 is 29.4 Å². The molecule has 0 saturated carbocycles. The van der Waals surface area contributed by atoms with Crippen molar-refractivity contribution in [1.29, 1.82) is 0 Å². The zero-order valence-electron chi connectivity index (χ0n) is 15.6. The van der Waals surface area contributed by atoms with Gasteiger partial charge in [-0.15, -0.1) is 0 Å². The van der Waals surface area contributed by atoms with Crippen molar-refractivity contribution in [2.45, 2.75) is 52.7 Å². The number of hydrogen-bond donors (Lipinski definition) is 0. The molecule has 0 unspecified atom stereocenters. The fourth-order valence-electron chi connectivity index (χ4n) is 1.56. The topological polar surface area (TPSA) is 109 Å². The molecule has 132 valence electrons. The third kappa shape index (κ3) is 7.85. The van der Waals surface area contributed by atoms with Gasteiger partial charge in [0.05, 0.1) is 17.9 Å². The molecule has 0 fully saturated rings. The van der Waals surface area contributed by atoms with Crippen molar-refractivity contribution in [2.75, 3.05) is 4.90 Å². The van der Waals surface area contributed by atoms with E-state index in [0.717, 1.165) is 18.5 Å². The van der Waals surface area contributed by atoms with Gasteiger partial charge in [0.15, 0.2) is 0 Å². The van der Waals surface area contributed by atoms with E-state index in [0.29, 0.717) is 4.90 Å². The molecule has 1 rings (SSSR count). The second-order valence-electron chi connectivity index (χ2n) is 7.02. The summed E-state index contributed by atoms with van der Waals surface area (Å²) in [4.78, 5) is 40.0. The molecule has 0 N–H and O–H groups in total. The van der Waals surface area contributed by atoms with Gasteiger partial charge >= 0.3 is 41.7 Å². The molecular weight excluding hydrogens is 339 g/mol. The van der Waals surface area contributed by atoms with Crippen molar-refractivity contribution in [3.63, 3.8) is 0 Å². The Morgan fingerprint density at radius 3 is 1.76 bits per heavy atom. The molecule has 0 aliphatic heterocycles. The van der Waals surface area contributed by atoms with Crippen LogP contribution in [0.1, 0.15) is 51.9 Å². The number of carboxylic acid groups (broad SMARTS) is 1. The van der Waals surface area contributed by atoms with Gasteiger partial charge in [0.2, 0.25) is 0 Å². The second kappa shape index (κ2) is 8.64. The first-order chi connectivity index (χ1) is 10.8. The average molecular weight is 360 g/mol. The molecule has 0 saturated heterocycles. The quantitative estimate of drug-likeness (QED) is 0.631. The van der Waals surface area contributed by atoms with Crippen LogP contribution in [-0.2, 0) is 9.47 Å². The zero-order valence-corrected chi connectivity index (χ0v) is 17.6. The van der Waals surface area contributed by atoms with Gasteiger partial charge in [-0.05, 0) is 47.6 Å². The Hall–Kier alpha value is -1.64. The Morgan fingerprint density at radius 1 is 0.960 bits per heavy atom. The van der Waals surface area contributed by atoms with Crippen LogP contribution < -0.4 is 39.6 Å². The summed E-state index contributed by atoms with van der Waals surface area (Å²) in [5, 5.41) is 11.0. The van der Waals surface area contributed by atoms with Gasteiger partial charge in [0.25, 0.3) is 0 Å². The predicted molar refractivity (Wildman–Crippen MR) is 83.5 cm³/mol. The van der Waals surface area contributed by atoms with E-state index in [2.05, 4.69) is 4.98 Å². The van der Waals surface area contributed by atoms with Crippen LogP contribution in [0.15, 0.2) is 18.5 Å². The predicted octanol–water partition coefficient (Wildman–Crippen LogP) is -0.874. The number of imide groups is 1. The van der Waals surface area contributed by atoms with Crippen LogP contribution in [0.25, 0.3) is 0 Å². The molecule has 1 heterocycles. The van der Waals surface area contributed by atoms with Gasteiger partial charge in [-0.1, -0.05) is 0 Å². The first-order valence-corrected chi connectivity index (χ1v) is 7.22. The van der Waals surface area contributed by atoms with Gasteiger partial charge in [-0.3, -0.25) is 4.98 Å².